The average molecular weight is 333 g/mol. The van der Waals surface area contributed by atoms with Crippen molar-refractivity contribution in [3.63, 3.8) is 0 Å². The molecule has 2 heterocycles. The van der Waals surface area contributed by atoms with Crippen LogP contribution in [0.1, 0.15) is 32.6 Å². The first kappa shape index (κ1) is 18.0. The van der Waals surface area contributed by atoms with Crippen LogP contribution < -0.4 is 4.90 Å². The number of pyridine rings is 1. The van der Waals surface area contributed by atoms with E-state index in [1.165, 1.54) is 4.90 Å². The molecule has 7 heteroatoms. The molecule has 1 saturated heterocycles. The van der Waals surface area contributed by atoms with Gasteiger partial charge in [0.25, 0.3) is 11.9 Å². The molecule has 0 aromatic carbocycles. The molecule has 1 aromatic rings. The molecule has 1 aromatic heterocycles. The lowest BCUT2D eigenvalue weighted by molar-refractivity contribution is 0.245. The molecule has 0 bridgehead atoms. The molecule has 0 atom stereocenters. The van der Waals surface area contributed by atoms with Gasteiger partial charge in [0.2, 0.25) is 11.6 Å². The van der Waals surface area contributed by atoms with E-state index in [1.807, 2.05) is 0 Å². The monoisotopic (exact) mass is 333 g/mol. The van der Waals surface area contributed by atoms with E-state index >= 15 is 0 Å². The van der Waals surface area contributed by atoms with Crippen molar-refractivity contribution in [2.75, 3.05) is 38.1 Å². The SMILES string of the molecule is CCCCN(C)CC1CCN(c2c(F)c(F)nc(F)c2F)CC1. The number of anilines is 1. The maximum Gasteiger partial charge on any atom is 0.253 e. The van der Waals surface area contributed by atoms with Gasteiger partial charge >= 0.3 is 0 Å². The van der Waals surface area contributed by atoms with Crippen LogP contribution >= 0.6 is 0 Å². The quantitative estimate of drug-likeness (QED) is 0.586. The van der Waals surface area contributed by atoms with Crippen LogP contribution in [0.5, 0.6) is 0 Å². The molecule has 1 aliphatic heterocycles. The van der Waals surface area contributed by atoms with Crippen LogP contribution in [0.25, 0.3) is 0 Å². The predicted octanol–water partition coefficient (Wildman–Crippen LogP) is 3.59. The highest BCUT2D eigenvalue weighted by atomic mass is 19.2. The first-order valence-corrected chi connectivity index (χ1v) is 8.07. The first-order valence-electron chi connectivity index (χ1n) is 8.07. The van der Waals surface area contributed by atoms with Crippen LogP contribution in [-0.4, -0.2) is 43.1 Å². The molecule has 0 N–H and O–H groups in total. The second-order valence-corrected chi connectivity index (χ2v) is 6.22. The zero-order valence-electron chi connectivity index (χ0n) is 13.6. The van der Waals surface area contributed by atoms with Gasteiger partial charge in [0.1, 0.15) is 5.69 Å². The molecule has 0 radical (unpaired) electrons. The Morgan fingerprint density at radius 2 is 1.65 bits per heavy atom. The van der Waals surface area contributed by atoms with Crippen molar-refractivity contribution >= 4 is 5.69 Å². The number of aromatic nitrogens is 1. The largest absolute Gasteiger partial charge is 0.366 e. The van der Waals surface area contributed by atoms with Gasteiger partial charge in [-0.25, -0.2) is 0 Å². The zero-order chi connectivity index (χ0) is 17.0. The third-order valence-corrected chi connectivity index (χ3v) is 4.37. The molecule has 3 nitrogen and oxygen atoms in total. The molecule has 1 aliphatic rings. The molecule has 0 spiro atoms. The van der Waals surface area contributed by atoms with Crippen molar-refractivity contribution in [2.45, 2.75) is 32.6 Å². The van der Waals surface area contributed by atoms with Gasteiger partial charge in [-0.15, -0.1) is 0 Å². The van der Waals surface area contributed by atoms with Crippen molar-refractivity contribution < 1.29 is 17.6 Å². The van der Waals surface area contributed by atoms with Crippen LogP contribution in [0.2, 0.25) is 0 Å². The lowest BCUT2D eigenvalue weighted by Gasteiger charge is -2.35. The number of rotatable bonds is 6. The summed E-state index contributed by atoms with van der Waals surface area (Å²) < 4.78 is 54.0. The summed E-state index contributed by atoms with van der Waals surface area (Å²) in [7, 11) is 2.06. The molecule has 0 unspecified atom stereocenters. The second-order valence-electron chi connectivity index (χ2n) is 6.22. The van der Waals surface area contributed by atoms with Gasteiger partial charge in [-0.3, -0.25) is 0 Å². The topological polar surface area (TPSA) is 19.4 Å². The smallest absolute Gasteiger partial charge is 0.253 e. The number of hydrogen-bond donors (Lipinski definition) is 0. The Balaban J connectivity index is 1.97. The fourth-order valence-corrected chi connectivity index (χ4v) is 3.05. The van der Waals surface area contributed by atoms with Gasteiger partial charge < -0.3 is 9.80 Å². The summed E-state index contributed by atoms with van der Waals surface area (Å²) in [5.41, 5.74) is -0.632. The summed E-state index contributed by atoms with van der Waals surface area (Å²) in [6.45, 7) is 4.85. The highest BCUT2D eigenvalue weighted by Gasteiger charge is 2.28. The molecule has 1 fully saturated rings. The fourth-order valence-electron chi connectivity index (χ4n) is 3.05. The van der Waals surface area contributed by atoms with E-state index in [0.29, 0.717) is 19.0 Å². The summed E-state index contributed by atoms with van der Waals surface area (Å²) in [6.07, 6.45) is 3.75. The molecule has 0 amide bonds. The maximum absolute atomic E-state index is 13.8. The normalized spacial score (nSPS) is 16.4. The van der Waals surface area contributed by atoms with Crippen LogP contribution in [0.15, 0.2) is 0 Å². The minimum atomic E-state index is -1.60. The van der Waals surface area contributed by atoms with Crippen LogP contribution in [-0.2, 0) is 0 Å². The second kappa shape index (κ2) is 7.95. The Kier molecular flexibility index (Phi) is 6.21. The van der Waals surface area contributed by atoms with E-state index in [-0.39, 0.29) is 0 Å². The minimum Gasteiger partial charge on any atom is -0.366 e. The Hall–Kier alpha value is -1.37. The fraction of sp³-hybridized carbons (Fsp3) is 0.688. The number of hydrogen-bond acceptors (Lipinski definition) is 3. The summed E-state index contributed by atoms with van der Waals surface area (Å²) >= 11 is 0. The molecule has 0 aliphatic carbocycles. The van der Waals surface area contributed by atoms with Gasteiger partial charge in [0, 0.05) is 19.6 Å². The minimum absolute atomic E-state index is 0.378. The first-order chi connectivity index (χ1) is 10.9. The summed E-state index contributed by atoms with van der Waals surface area (Å²) in [6, 6.07) is 0. The van der Waals surface area contributed by atoms with Crippen molar-refractivity contribution in [2.24, 2.45) is 5.92 Å². The van der Waals surface area contributed by atoms with Crippen molar-refractivity contribution in [1.29, 1.82) is 0 Å². The van der Waals surface area contributed by atoms with Gasteiger partial charge in [0.15, 0.2) is 0 Å². The molecular formula is C16H23F4N3. The van der Waals surface area contributed by atoms with Gasteiger partial charge in [-0.1, -0.05) is 13.3 Å². The Morgan fingerprint density at radius 1 is 1.09 bits per heavy atom. The lowest BCUT2D eigenvalue weighted by Crippen LogP contribution is -2.39. The van der Waals surface area contributed by atoms with Crippen LogP contribution in [0.3, 0.4) is 0 Å². The number of halogens is 4. The molecule has 2 rings (SSSR count). The third kappa shape index (κ3) is 4.34. The van der Waals surface area contributed by atoms with Crippen LogP contribution in [0.4, 0.5) is 23.2 Å². The van der Waals surface area contributed by atoms with Crippen molar-refractivity contribution in [3.05, 3.63) is 23.5 Å². The number of nitrogens with zero attached hydrogens (tertiary/aromatic N) is 3. The Labute approximate surface area is 134 Å². The van der Waals surface area contributed by atoms with E-state index in [9.17, 15) is 17.6 Å². The summed E-state index contributed by atoms with van der Waals surface area (Å²) in [4.78, 5) is 6.23. The highest BCUT2D eigenvalue weighted by Crippen LogP contribution is 2.30. The van der Waals surface area contributed by atoms with Gasteiger partial charge in [0.05, 0.1) is 0 Å². The number of piperidine rings is 1. The van der Waals surface area contributed by atoms with E-state index in [0.717, 1.165) is 38.8 Å². The third-order valence-electron chi connectivity index (χ3n) is 4.37. The average Bonchev–Trinajstić information content (AvgIpc) is 2.53. The van der Waals surface area contributed by atoms with E-state index in [4.69, 9.17) is 0 Å². The van der Waals surface area contributed by atoms with E-state index in [2.05, 4.69) is 23.9 Å². The number of unbranched alkanes of at least 4 members (excludes halogenated alkanes) is 1. The Morgan fingerprint density at radius 3 is 2.17 bits per heavy atom. The molecular weight excluding hydrogens is 310 g/mol. The van der Waals surface area contributed by atoms with Crippen LogP contribution in [0, 0.1) is 29.4 Å². The molecule has 130 valence electrons. The standard InChI is InChI=1S/C16H23F4N3/c1-3-4-7-22(2)10-11-5-8-23(9-6-11)14-12(17)15(19)21-16(20)13(14)18/h11H,3-10H2,1-2H3. The summed E-state index contributed by atoms with van der Waals surface area (Å²) in [5.74, 6) is -5.60. The van der Waals surface area contributed by atoms with E-state index in [1.54, 1.807) is 0 Å². The maximum atomic E-state index is 13.8. The molecule has 0 saturated carbocycles. The lowest BCUT2D eigenvalue weighted by atomic mass is 9.95. The van der Waals surface area contributed by atoms with E-state index < -0.39 is 29.2 Å². The van der Waals surface area contributed by atoms with Crippen molar-refractivity contribution in [3.8, 4) is 0 Å². The van der Waals surface area contributed by atoms with Gasteiger partial charge in [-0.05, 0) is 38.8 Å². The highest BCUT2D eigenvalue weighted by molar-refractivity contribution is 5.48. The predicted molar refractivity (Wildman–Crippen MR) is 81.4 cm³/mol. The molecule has 23 heavy (non-hydrogen) atoms. The van der Waals surface area contributed by atoms with Gasteiger partial charge in [-0.2, -0.15) is 22.5 Å². The zero-order valence-corrected chi connectivity index (χ0v) is 13.6. The Bertz CT molecular complexity index is 504. The van der Waals surface area contributed by atoms with Crippen molar-refractivity contribution in [1.82, 2.24) is 9.88 Å². The summed E-state index contributed by atoms with van der Waals surface area (Å²) in [5, 5.41) is 0.